The van der Waals surface area contributed by atoms with E-state index in [1.54, 1.807) is 10.4 Å². The highest BCUT2D eigenvalue weighted by molar-refractivity contribution is 7.10. The average molecular weight is 209 g/mol. The zero-order valence-corrected chi connectivity index (χ0v) is 9.27. The molecule has 0 aliphatic carbocycles. The second-order valence-electron chi connectivity index (χ2n) is 4.26. The van der Waals surface area contributed by atoms with Crippen molar-refractivity contribution < 1.29 is 4.74 Å². The highest BCUT2D eigenvalue weighted by atomic mass is 32.1. The van der Waals surface area contributed by atoms with Gasteiger partial charge in [0.2, 0.25) is 0 Å². The lowest BCUT2D eigenvalue weighted by molar-refractivity contribution is 0.228. The third-order valence-electron chi connectivity index (χ3n) is 3.10. The fourth-order valence-corrected chi connectivity index (χ4v) is 3.28. The van der Waals surface area contributed by atoms with Crippen LogP contribution in [0.1, 0.15) is 16.0 Å². The smallest absolute Gasteiger partial charge is 0.0936 e. The first-order valence-corrected chi connectivity index (χ1v) is 6.10. The fourth-order valence-electron chi connectivity index (χ4n) is 2.16. The summed E-state index contributed by atoms with van der Waals surface area (Å²) >= 11 is 1.92. The second-order valence-corrected chi connectivity index (χ2v) is 5.23. The molecule has 1 unspecified atom stereocenters. The van der Waals surface area contributed by atoms with Crippen LogP contribution in [0, 0.1) is 6.92 Å². The molecular weight excluding hydrogens is 194 g/mol. The lowest BCUT2D eigenvalue weighted by Gasteiger charge is -2.26. The van der Waals surface area contributed by atoms with Crippen molar-refractivity contribution in [3.8, 4) is 0 Å². The maximum absolute atomic E-state index is 5.27. The minimum atomic E-state index is 0.539. The van der Waals surface area contributed by atoms with Crippen LogP contribution in [0.2, 0.25) is 0 Å². The van der Waals surface area contributed by atoms with Gasteiger partial charge < -0.3 is 4.74 Å². The summed E-state index contributed by atoms with van der Waals surface area (Å²) in [4.78, 5) is 4.10. The highest BCUT2D eigenvalue weighted by Crippen LogP contribution is 2.28. The van der Waals surface area contributed by atoms with Gasteiger partial charge in [0.15, 0.2) is 0 Å². The van der Waals surface area contributed by atoms with Crippen molar-refractivity contribution in [3.05, 3.63) is 21.4 Å². The number of fused-ring (bicyclic) bond motifs is 1. The zero-order valence-electron chi connectivity index (χ0n) is 8.45. The molecule has 0 spiro atoms. The van der Waals surface area contributed by atoms with E-state index < -0.39 is 0 Å². The lowest BCUT2D eigenvalue weighted by Crippen LogP contribution is -2.32. The van der Waals surface area contributed by atoms with Crippen molar-refractivity contribution in [3.63, 3.8) is 0 Å². The second kappa shape index (κ2) is 3.33. The number of hydrogen-bond acceptors (Lipinski definition) is 3. The first kappa shape index (κ1) is 8.89. The predicted molar refractivity (Wildman–Crippen MR) is 57.8 cm³/mol. The van der Waals surface area contributed by atoms with Gasteiger partial charge in [-0.05, 0) is 29.9 Å². The Morgan fingerprint density at radius 3 is 3.29 bits per heavy atom. The van der Waals surface area contributed by atoms with Gasteiger partial charge in [-0.1, -0.05) is 0 Å². The van der Waals surface area contributed by atoms with E-state index in [2.05, 4.69) is 17.2 Å². The van der Waals surface area contributed by atoms with Crippen LogP contribution in [-0.4, -0.2) is 30.7 Å². The number of ether oxygens (including phenoxy) is 1. The van der Waals surface area contributed by atoms with E-state index in [0.717, 1.165) is 19.7 Å². The first-order chi connectivity index (χ1) is 6.83. The van der Waals surface area contributed by atoms with Gasteiger partial charge in [0.25, 0.3) is 0 Å². The molecular formula is C11H15NOS. The molecule has 2 aliphatic rings. The monoisotopic (exact) mass is 209 g/mol. The average Bonchev–Trinajstić information content (AvgIpc) is 2.92. The van der Waals surface area contributed by atoms with Gasteiger partial charge in [0, 0.05) is 24.5 Å². The van der Waals surface area contributed by atoms with E-state index in [1.807, 2.05) is 11.3 Å². The molecule has 3 rings (SSSR count). The molecule has 2 nitrogen and oxygen atoms in total. The van der Waals surface area contributed by atoms with Crippen LogP contribution in [-0.2, 0) is 17.7 Å². The molecule has 0 amide bonds. The topological polar surface area (TPSA) is 15.8 Å². The SMILES string of the molecule is Cc1csc2c1CCN(CC1CO1)C2. The van der Waals surface area contributed by atoms with Crippen molar-refractivity contribution in [2.75, 3.05) is 19.7 Å². The quantitative estimate of drug-likeness (QED) is 0.690. The molecule has 0 radical (unpaired) electrons. The van der Waals surface area contributed by atoms with Gasteiger partial charge in [-0.25, -0.2) is 0 Å². The first-order valence-electron chi connectivity index (χ1n) is 5.23. The van der Waals surface area contributed by atoms with Crippen molar-refractivity contribution in [2.45, 2.75) is 26.0 Å². The summed E-state index contributed by atoms with van der Waals surface area (Å²) in [5.41, 5.74) is 3.11. The lowest BCUT2D eigenvalue weighted by atomic mass is 10.0. The molecule has 0 bridgehead atoms. The molecule has 76 valence electrons. The summed E-state index contributed by atoms with van der Waals surface area (Å²) in [6.07, 6.45) is 1.77. The Morgan fingerprint density at radius 1 is 1.64 bits per heavy atom. The van der Waals surface area contributed by atoms with Gasteiger partial charge in [0.05, 0.1) is 12.7 Å². The summed E-state index contributed by atoms with van der Waals surface area (Å²) in [5.74, 6) is 0. The van der Waals surface area contributed by atoms with Gasteiger partial charge in [-0.15, -0.1) is 11.3 Å². The van der Waals surface area contributed by atoms with Crippen LogP contribution in [0.3, 0.4) is 0 Å². The van der Waals surface area contributed by atoms with Gasteiger partial charge in [0.1, 0.15) is 0 Å². The molecule has 3 heterocycles. The van der Waals surface area contributed by atoms with Crippen LogP contribution < -0.4 is 0 Å². The summed E-state index contributed by atoms with van der Waals surface area (Å²) in [6, 6.07) is 0. The minimum Gasteiger partial charge on any atom is -0.372 e. The molecule has 14 heavy (non-hydrogen) atoms. The molecule has 0 saturated carbocycles. The molecule has 1 atom stereocenters. The molecule has 1 fully saturated rings. The summed E-state index contributed by atoms with van der Waals surface area (Å²) in [7, 11) is 0. The van der Waals surface area contributed by atoms with Crippen molar-refractivity contribution in [1.29, 1.82) is 0 Å². The Hall–Kier alpha value is -0.380. The van der Waals surface area contributed by atoms with E-state index in [-0.39, 0.29) is 0 Å². The third kappa shape index (κ3) is 1.60. The van der Waals surface area contributed by atoms with E-state index in [9.17, 15) is 0 Å². The van der Waals surface area contributed by atoms with Gasteiger partial charge in [-0.2, -0.15) is 0 Å². The maximum atomic E-state index is 5.27. The third-order valence-corrected chi connectivity index (χ3v) is 4.23. The minimum absolute atomic E-state index is 0.539. The van der Waals surface area contributed by atoms with Crippen LogP contribution in [0.25, 0.3) is 0 Å². The number of rotatable bonds is 2. The van der Waals surface area contributed by atoms with Crippen LogP contribution in [0.15, 0.2) is 5.38 Å². The molecule has 1 saturated heterocycles. The van der Waals surface area contributed by atoms with E-state index >= 15 is 0 Å². The number of hydrogen-bond donors (Lipinski definition) is 0. The predicted octanol–water partition coefficient (Wildman–Crippen LogP) is 1.81. The normalized spacial score (nSPS) is 26.2. The Balaban J connectivity index is 1.72. The molecule has 2 aliphatic heterocycles. The van der Waals surface area contributed by atoms with Crippen molar-refractivity contribution in [2.24, 2.45) is 0 Å². The summed E-state index contributed by atoms with van der Waals surface area (Å²) in [5, 5.41) is 2.29. The Kier molecular flexibility index (Phi) is 2.11. The van der Waals surface area contributed by atoms with Gasteiger partial charge in [-0.3, -0.25) is 4.90 Å². The largest absolute Gasteiger partial charge is 0.372 e. The number of thiophene rings is 1. The number of aryl methyl sites for hydroxylation is 1. The zero-order chi connectivity index (χ0) is 9.54. The maximum Gasteiger partial charge on any atom is 0.0936 e. The summed E-state index contributed by atoms with van der Waals surface area (Å²) in [6.45, 7) is 6.70. The Bertz CT molecular complexity index is 343. The van der Waals surface area contributed by atoms with Crippen molar-refractivity contribution >= 4 is 11.3 Å². The van der Waals surface area contributed by atoms with E-state index in [4.69, 9.17) is 4.74 Å². The molecule has 0 N–H and O–H groups in total. The van der Waals surface area contributed by atoms with Crippen LogP contribution >= 0.6 is 11.3 Å². The summed E-state index contributed by atoms with van der Waals surface area (Å²) < 4.78 is 5.27. The van der Waals surface area contributed by atoms with Crippen molar-refractivity contribution in [1.82, 2.24) is 4.90 Å². The highest BCUT2D eigenvalue weighted by Gasteiger charge is 2.28. The van der Waals surface area contributed by atoms with E-state index in [1.165, 1.54) is 18.5 Å². The van der Waals surface area contributed by atoms with E-state index in [0.29, 0.717) is 6.10 Å². The van der Waals surface area contributed by atoms with Crippen LogP contribution in [0.5, 0.6) is 0 Å². The fraction of sp³-hybridized carbons (Fsp3) is 0.636. The number of nitrogens with zero attached hydrogens (tertiary/aromatic N) is 1. The standard InChI is InChI=1S/C11H15NOS/c1-8-7-14-11-5-12(3-2-10(8)11)4-9-6-13-9/h7,9H,2-6H2,1H3. The molecule has 1 aromatic rings. The van der Waals surface area contributed by atoms with Crippen LogP contribution in [0.4, 0.5) is 0 Å². The molecule has 3 heteroatoms. The number of epoxide rings is 1. The molecule has 0 aromatic carbocycles. The molecule has 1 aromatic heterocycles. The Labute approximate surface area is 88.5 Å². The van der Waals surface area contributed by atoms with Gasteiger partial charge >= 0.3 is 0 Å². The Morgan fingerprint density at radius 2 is 2.50 bits per heavy atom.